The van der Waals surface area contributed by atoms with Crippen molar-refractivity contribution >= 4 is 17.5 Å². The van der Waals surface area contributed by atoms with Gasteiger partial charge in [-0.05, 0) is 50.7 Å². The van der Waals surface area contributed by atoms with Gasteiger partial charge in [0.05, 0.1) is 0 Å². The number of carbonyl (C=O) groups excluding carboxylic acids is 2. The Bertz CT molecular complexity index is 841. The Kier molecular flexibility index (Phi) is 4.46. The maximum Gasteiger partial charge on any atom is 0.303 e. The predicted octanol–water partition coefficient (Wildman–Crippen LogP) is 3.61. The van der Waals surface area contributed by atoms with Crippen molar-refractivity contribution in [1.82, 2.24) is 0 Å². The van der Waals surface area contributed by atoms with Crippen LogP contribution in [0.1, 0.15) is 50.7 Å². The van der Waals surface area contributed by atoms with Crippen LogP contribution in [0.5, 0.6) is 0 Å². The number of fused-ring (bicyclic) bond motifs is 1. The summed E-state index contributed by atoms with van der Waals surface area (Å²) in [5.74, 6) is -1.61. The maximum atomic E-state index is 13.0. The molecule has 0 heterocycles. The van der Waals surface area contributed by atoms with Crippen LogP contribution in [0.4, 0.5) is 0 Å². The van der Waals surface area contributed by atoms with Crippen LogP contribution in [0, 0.1) is 5.92 Å². The molecule has 0 saturated carbocycles. The third-order valence-corrected chi connectivity index (χ3v) is 5.63. The zero-order valence-electron chi connectivity index (χ0n) is 14.8. The molecule has 2 aliphatic carbocycles. The molecule has 0 amide bonds. The second-order valence-corrected chi connectivity index (χ2v) is 7.02. The molecular weight excluding hydrogens is 316 g/mol. The van der Waals surface area contributed by atoms with E-state index in [1.807, 2.05) is 24.3 Å². The molecule has 2 atom stereocenters. The molecule has 0 fully saturated rings. The predicted molar refractivity (Wildman–Crippen MR) is 94.3 cm³/mol. The monoisotopic (exact) mass is 338 g/mol. The van der Waals surface area contributed by atoms with Crippen LogP contribution in [-0.2, 0) is 20.8 Å². The van der Waals surface area contributed by atoms with Gasteiger partial charge >= 0.3 is 5.97 Å². The molecule has 0 spiro atoms. The first-order valence-electron chi connectivity index (χ1n) is 8.60. The first-order valence-corrected chi connectivity index (χ1v) is 8.60. The van der Waals surface area contributed by atoms with Crippen LogP contribution in [0.25, 0.3) is 0 Å². The number of carboxylic acid groups (broad SMARTS) is 1. The van der Waals surface area contributed by atoms with Crippen molar-refractivity contribution in [1.29, 1.82) is 0 Å². The smallest absolute Gasteiger partial charge is 0.303 e. The zero-order chi connectivity index (χ0) is 18.3. The SMILES string of the molecule is CC1=C(C)C(=O)C(C2c3ccccc3CCC2CC(=O)O)=C(C)C1=O. The van der Waals surface area contributed by atoms with Crippen LogP contribution >= 0.6 is 0 Å². The van der Waals surface area contributed by atoms with Crippen molar-refractivity contribution in [2.24, 2.45) is 5.92 Å². The summed E-state index contributed by atoms with van der Waals surface area (Å²) in [6.07, 6.45) is 1.50. The maximum absolute atomic E-state index is 13.0. The van der Waals surface area contributed by atoms with Crippen molar-refractivity contribution in [2.75, 3.05) is 0 Å². The lowest BCUT2D eigenvalue weighted by Crippen LogP contribution is -2.31. The fourth-order valence-electron chi connectivity index (χ4n) is 4.15. The van der Waals surface area contributed by atoms with E-state index in [-0.39, 0.29) is 29.8 Å². The molecule has 0 radical (unpaired) electrons. The third kappa shape index (κ3) is 2.86. The van der Waals surface area contributed by atoms with Gasteiger partial charge in [0.25, 0.3) is 0 Å². The number of rotatable bonds is 3. The molecule has 0 bridgehead atoms. The number of aryl methyl sites for hydroxylation is 1. The number of ketones is 2. The molecule has 1 N–H and O–H groups in total. The lowest BCUT2D eigenvalue weighted by molar-refractivity contribution is -0.138. The molecule has 0 aromatic heterocycles. The Morgan fingerprint density at radius 2 is 1.68 bits per heavy atom. The number of benzene rings is 1. The van der Waals surface area contributed by atoms with Crippen LogP contribution in [0.3, 0.4) is 0 Å². The highest BCUT2D eigenvalue weighted by atomic mass is 16.4. The topological polar surface area (TPSA) is 71.4 Å². The highest BCUT2D eigenvalue weighted by Gasteiger charge is 2.40. The van der Waals surface area contributed by atoms with Gasteiger partial charge in [-0.2, -0.15) is 0 Å². The molecule has 0 aliphatic heterocycles. The minimum atomic E-state index is -0.870. The van der Waals surface area contributed by atoms with E-state index < -0.39 is 5.97 Å². The van der Waals surface area contributed by atoms with Crippen LogP contribution < -0.4 is 0 Å². The lowest BCUT2D eigenvalue weighted by Gasteiger charge is -2.36. The minimum absolute atomic E-state index is 0.000997. The van der Waals surface area contributed by atoms with Gasteiger partial charge in [0.1, 0.15) is 0 Å². The largest absolute Gasteiger partial charge is 0.481 e. The Labute approximate surface area is 147 Å². The molecule has 130 valence electrons. The summed E-state index contributed by atoms with van der Waals surface area (Å²) >= 11 is 0. The molecule has 0 saturated heterocycles. The normalized spacial score (nSPS) is 23.8. The van der Waals surface area contributed by atoms with E-state index >= 15 is 0 Å². The fourth-order valence-corrected chi connectivity index (χ4v) is 4.15. The van der Waals surface area contributed by atoms with E-state index in [9.17, 15) is 19.5 Å². The number of aliphatic carboxylic acids is 1. The first kappa shape index (κ1) is 17.3. The minimum Gasteiger partial charge on any atom is -0.481 e. The second-order valence-electron chi connectivity index (χ2n) is 7.02. The summed E-state index contributed by atoms with van der Waals surface area (Å²) in [6, 6.07) is 7.86. The van der Waals surface area contributed by atoms with E-state index in [2.05, 4.69) is 0 Å². The second kappa shape index (κ2) is 6.43. The summed E-state index contributed by atoms with van der Waals surface area (Å²) in [7, 11) is 0. The number of carbonyl (C=O) groups is 3. The Balaban J connectivity index is 2.18. The molecule has 4 heteroatoms. The van der Waals surface area contributed by atoms with E-state index in [1.165, 1.54) is 0 Å². The highest BCUT2D eigenvalue weighted by Crippen LogP contribution is 2.46. The molecule has 25 heavy (non-hydrogen) atoms. The van der Waals surface area contributed by atoms with Crippen molar-refractivity contribution in [2.45, 2.75) is 46.0 Å². The van der Waals surface area contributed by atoms with Crippen LogP contribution in [0.15, 0.2) is 46.6 Å². The fraction of sp³-hybridized carbons (Fsp3) is 0.381. The molecule has 1 aromatic rings. The Morgan fingerprint density at radius 1 is 1.04 bits per heavy atom. The molecule has 1 aromatic carbocycles. The summed E-state index contributed by atoms with van der Waals surface area (Å²) in [4.78, 5) is 37.0. The molecule has 3 rings (SSSR count). The average Bonchev–Trinajstić information content (AvgIpc) is 2.59. The van der Waals surface area contributed by atoms with Gasteiger partial charge in [-0.1, -0.05) is 24.3 Å². The number of hydrogen-bond donors (Lipinski definition) is 1. The summed E-state index contributed by atoms with van der Waals surface area (Å²) < 4.78 is 0. The van der Waals surface area contributed by atoms with Gasteiger partial charge in [-0.3, -0.25) is 14.4 Å². The highest BCUT2D eigenvalue weighted by molar-refractivity contribution is 6.25. The number of hydrogen-bond acceptors (Lipinski definition) is 3. The summed E-state index contributed by atoms with van der Waals surface area (Å²) in [5.41, 5.74) is 4.05. The first-order chi connectivity index (χ1) is 11.8. The lowest BCUT2D eigenvalue weighted by atomic mass is 9.66. The van der Waals surface area contributed by atoms with Gasteiger partial charge < -0.3 is 5.11 Å². The Morgan fingerprint density at radius 3 is 2.36 bits per heavy atom. The summed E-state index contributed by atoms with van der Waals surface area (Å²) in [5, 5.41) is 9.33. The number of Topliss-reactive ketones (excluding diaryl/α,β-unsaturated/α-hetero) is 2. The standard InChI is InChI=1S/C21H22O4/c1-11-12(2)21(25)18(13(3)20(11)24)19-15(10-17(22)23)9-8-14-6-4-5-7-16(14)19/h4-7,15,19H,8-10H2,1-3H3,(H,22,23). The van der Waals surface area contributed by atoms with Crippen molar-refractivity contribution < 1.29 is 19.5 Å². The van der Waals surface area contributed by atoms with Gasteiger partial charge in [0.15, 0.2) is 11.6 Å². The quantitative estimate of drug-likeness (QED) is 0.855. The van der Waals surface area contributed by atoms with E-state index in [4.69, 9.17) is 0 Å². The van der Waals surface area contributed by atoms with Gasteiger partial charge in [-0.15, -0.1) is 0 Å². The molecular formula is C21H22O4. The van der Waals surface area contributed by atoms with Crippen LogP contribution in [-0.4, -0.2) is 22.6 Å². The summed E-state index contributed by atoms with van der Waals surface area (Å²) in [6.45, 7) is 5.06. The number of allylic oxidation sites excluding steroid dienone is 4. The molecule has 2 unspecified atom stereocenters. The van der Waals surface area contributed by atoms with E-state index in [1.54, 1.807) is 20.8 Å². The Hall–Kier alpha value is -2.49. The molecule has 2 aliphatic rings. The van der Waals surface area contributed by atoms with Gasteiger partial charge in [-0.25, -0.2) is 0 Å². The zero-order valence-corrected chi connectivity index (χ0v) is 14.8. The van der Waals surface area contributed by atoms with E-state index in [0.717, 1.165) is 17.5 Å². The van der Waals surface area contributed by atoms with Gasteiger partial charge in [0, 0.05) is 34.6 Å². The number of carboxylic acids is 1. The average molecular weight is 338 g/mol. The van der Waals surface area contributed by atoms with Crippen molar-refractivity contribution in [3.05, 3.63) is 57.7 Å². The van der Waals surface area contributed by atoms with Crippen molar-refractivity contribution in [3.8, 4) is 0 Å². The van der Waals surface area contributed by atoms with E-state index in [0.29, 0.717) is 28.7 Å². The molecule has 4 nitrogen and oxygen atoms in total. The van der Waals surface area contributed by atoms with Crippen LogP contribution in [0.2, 0.25) is 0 Å². The van der Waals surface area contributed by atoms with Gasteiger partial charge in [0.2, 0.25) is 0 Å². The van der Waals surface area contributed by atoms with Crippen molar-refractivity contribution in [3.63, 3.8) is 0 Å². The third-order valence-electron chi connectivity index (χ3n) is 5.63.